The Morgan fingerprint density at radius 1 is 1.47 bits per heavy atom. The zero-order valence-corrected chi connectivity index (χ0v) is 11.1. The topological polar surface area (TPSA) is 99.7 Å². The van der Waals surface area contributed by atoms with Gasteiger partial charge in [-0.05, 0) is 40.7 Å². The van der Waals surface area contributed by atoms with Crippen molar-refractivity contribution in [2.75, 3.05) is 6.54 Å². The van der Waals surface area contributed by atoms with Gasteiger partial charge in [0.25, 0.3) is 0 Å². The maximum Gasteiger partial charge on any atom is 0.237 e. The fourth-order valence-electron chi connectivity index (χ4n) is 1.21. The maximum atomic E-state index is 11.7. The summed E-state index contributed by atoms with van der Waals surface area (Å²) in [5.74, 6) is 0.180. The lowest BCUT2D eigenvalue weighted by molar-refractivity contribution is -0.124. The SMILES string of the molecule is CC(NCCCC(N)=NO)C(=O)NC(C)(C)C. The number of hydrogen-bond donors (Lipinski definition) is 4. The van der Waals surface area contributed by atoms with Crippen molar-refractivity contribution in [2.45, 2.75) is 52.1 Å². The van der Waals surface area contributed by atoms with Gasteiger partial charge in [-0.1, -0.05) is 5.16 Å². The van der Waals surface area contributed by atoms with E-state index < -0.39 is 0 Å². The largest absolute Gasteiger partial charge is 0.409 e. The van der Waals surface area contributed by atoms with E-state index in [-0.39, 0.29) is 23.3 Å². The minimum absolute atomic E-state index is 0.0266. The number of nitrogens with zero attached hydrogens (tertiary/aromatic N) is 1. The predicted molar refractivity (Wildman–Crippen MR) is 68.0 cm³/mol. The molecule has 0 aromatic heterocycles. The van der Waals surface area contributed by atoms with Crippen molar-refractivity contribution in [2.24, 2.45) is 10.9 Å². The Morgan fingerprint density at radius 3 is 2.53 bits per heavy atom. The molecular weight excluding hydrogens is 220 g/mol. The van der Waals surface area contributed by atoms with Crippen molar-refractivity contribution >= 4 is 11.7 Å². The van der Waals surface area contributed by atoms with E-state index in [2.05, 4.69) is 15.8 Å². The molecule has 17 heavy (non-hydrogen) atoms. The van der Waals surface area contributed by atoms with Gasteiger partial charge in [-0.3, -0.25) is 4.79 Å². The van der Waals surface area contributed by atoms with E-state index in [1.165, 1.54) is 0 Å². The third-order valence-corrected chi connectivity index (χ3v) is 2.08. The van der Waals surface area contributed by atoms with Crippen LogP contribution in [0.25, 0.3) is 0 Å². The lowest BCUT2D eigenvalue weighted by atomic mass is 10.1. The van der Waals surface area contributed by atoms with Crippen LogP contribution in [-0.2, 0) is 4.79 Å². The summed E-state index contributed by atoms with van der Waals surface area (Å²) in [5.41, 5.74) is 5.10. The number of nitrogens with one attached hydrogen (secondary N) is 2. The van der Waals surface area contributed by atoms with Gasteiger partial charge in [0.15, 0.2) is 0 Å². The number of amides is 1. The highest BCUT2D eigenvalue weighted by Gasteiger charge is 2.18. The molecule has 6 nitrogen and oxygen atoms in total. The van der Waals surface area contributed by atoms with Gasteiger partial charge in [0, 0.05) is 12.0 Å². The lowest BCUT2D eigenvalue weighted by Gasteiger charge is -2.23. The van der Waals surface area contributed by atoms with Crippen LogP contribution in [0, 0.1) is 0 Å². The highest BCUT2D eigenvalue weighted by atomic mass is 16.4. The molecule has 0 aromatic carbocycles. The number of nitrogens with two attached hydrogens (primary N) is 1. The van der Waals surface area contributed by atoms with Crippen molar-refractivity contribution < 1.29 is 10.0 Å². The molecule has 0 saturated carbocycles. The summed E-state index contributed by atoms with van der Waals surface area (Å²) in [7, 11) is 0. The van der Waals surface area contributed by atoms with Gasteiger partial charge >= 0.3 is 0 Å². The predicted octanol–water partition coefficient (Wildman–Crippen LogP) is 0.406. The number of oxime groups is 1. The first-order valence-corrected chi connectivity index (χ1v) is 5.78. The molecule has 100 valence electrons. The summed E-state index contributed by atoms with van der Waals surface area (Å²) < 4.78 is 0. The maximum absolute atomic E-state index is 11.7. The van der Waals surface area contributed by atoms with E-state index >= 15 is 0 Å². The van der Waals surface area contributed by atoms with Crippen LogP contribution in [0.3, 0.4) is 0 Å². The monoisotopic (exact) mass is 244 g/mol. The van der Waals surface area contributed by atoms with Crippen LogP contribution in [0.4, 0.5) is 0 Å². The van der Waals surface area contributed by atoms with Crippen molar-refractivity contribution in [3.8, 4) is 0 Å². The van der Waals surface area contributed by atoms with Gasteiger partial charge in [0.05, 0.1) is 6.04 Å². The Morgan fingerprint density at radius 2 is 2.06 bits per heavy atom. The molecule has 0 bridgehead atoms. The standard InChI is InChI=1S/C11H24N4O2/c1-8(10(16)14-11(2,3)4)13-7-5-6-9(12)15-17/h8,13,17H,5-7H2,1-4H3,(H2,12,15)(H,14,16). The summed E-state index contributed by atoms with van der Waals surface area (Å²) in [5, 5.41) is 17.2. The van der Waals surface area contributed by atoms with E-state index in [0.717, 1.165) is 6.42 Å². The van der Waals surface area contributed by atoms with E-state index in [1.54, 1.807) is 0 Å². The number of carbonyl (C=O) groups is 1. The minimum Gasteiger partial charge on any atom is -0.409 e. The minimum atomic E-state index is -0.249. The molecule has 0 rings (SSSR count). The van der Waals surface area contributed by atoms with Gasteiger partial charge in [-0.25, -0.2) is 0 Å². The van der Waals surface area contributed by atoms with Crippen LogP contribution in [0.5, 0.6) is 0 Å². The van der Waals surface area contributed by atoms with E-state index in [1.807, 2.05) is 27.7 Å². The van der Waals surface area contributed by atoms with Crippen LogP contribution in [0.1, 0.15) is 40.5 Å². The highest BCUT2D eigenvalue weighted by molar-refractivity contribution is 5.82. The van der Waals surface area contributed by atoms with Crippen LogP contribution in [-0.4, -0.2) is 35.1 Å². The third kappa shape index (κ3) is 8.50. The number of hydrogen-bond acceptors (Lipinski definition) is 4. The Kier molecular flexibility index (Phi) is 6.57. The Balaban J connectivity index is 3.79. The van der Waals surface area contributed by atoms with Crippen LogP contribution >= 0.6 is 0 Å². The molecule has 0 heterocycles. The van der Waals surface area contributed by atoms with Gasteiger partial charge in [-0.15, -0.1) is 0 Å². The summed E-state index contributed by atoms with van der Waals surface area (Å²) in [6.07, 6.45) is 1.24. The van der Waals surface area contributed by atoms with E-state index in [9.17, 15) is 4.79 Å². The average Bonchev–Trinajstić information content (AvgIpc) is 2.21. The van der Waals surface area contributed by atoms with Gasteiger partial charge < -0.3 is 21.6 Å². The third-order valence-electron chi connectivity index (χ3n) is 2.08. The molecule has 1 atom stereocenters. The molecule has 0 fully saturated rings. The molecule has 0 aromatic rings. The van der Waals surface area contributed by atoms with Gasteiger partial charge in [-0.2, -0.15) is 0 Å². The summed E-state index contributed by atoms with van der Waals surface area (Å²) in [6, 6.07) is -0.249. The molecule has 0 radical (unpaired) electrons. The zero-order chi connectivity index (χ0) is 13.5. The Hall–Kier alpha value is -1.30. The molecule has 0 saturated heterocycles. The molecule has 1 amide bonds. The van der Waals surface area contributed by atoms with E-state index in [0.29, 0.717) is 13.0 Å². The normalized spacial score (nSPS) is 14.5. The second-order valence-corrected chi connectivity index (χ2v) is 5.11. The van der Waals surface area contributed by atoms with Crippen molar-refractivity contribution in [1.29, 1.82) is 0 Å². The second-order valence-electron chi connectivity index (χ2n) is 5.11. The van der Waals surface area contributed by atoms with Crippen LogP contribution in [0.2, 0.25) is 0 Å². The number of amidine groups is 1. The van der Waals surface area contributed by atoms with Crippen LogP contribution in [0.15, 0.2) is 5.16 Å². The first-order valence-electron chi connectivity index (χ1n) is 5.78. The fraction of sp³-hybridized carbons (Fsp3) is 0.818. The van der Waals surface area contributed by atoms with Crippen molar-refractivity contribution in [3.05, 3.63) is 0 Å². The molecule has 1 unspecified atom stereocenters. The van der Waals surface area contributed by atoms with Gasteiger partial charge in [0.2, 0.25) is 5.91 Å². The zero-order valence-electron chi connectivity index (χ0n) is 11.1. The van der Waals surface area contributed by atoms with Gasteiger partial charge in [0.1, 0.15) is 5.84 Å². The first-order chi connectivity index (χ1) is 7.76. The fourth-order valence-corrected chi connectivity index (χ4v) is 1.21. The molecule has 6 heteroatoms. The lowest BCUT2D eigenvalue weighted by Crippen LogP contribution is -2.49. The molecule has 0 aliphatic carbocycles. The Labute approximate surface area is 103 Å². The van der Waals surface area contributed by atoms with Crippen LogP contribution < -0.4 is 16.4 Å². The quantitative estimate of drug-likeness (QED) is 0.179. The molecular formula is C11H24N4O2. The van der Waals surface area contributed by atoms with Crippen molar-refractivity contribution in [1.82, 2.24) is 10.6 Å². The summed E-state index contributed by atoms with van der Waals surface area (Å²) >= 11 is 0. The highest BCUT2D eigenvalue weighted by Crippen LogP contribution is 1.99. The van der Waals surface area contributed by atoms with Crippen molar-refractivity contribution in [3.63, 3.8) is 0 Å². The average molecular weight is 244 g/mol. The summed E-state index contributed by atoms with van der Waals surface area (Å²) in [4.78, 5) is 11.7. The van der Waals surface area contributed by atoms with E-state index in [4.69, 9.17) is 10.9 Å². The summed E-state index contributed by atoms with van der Waals surface area (Å²) in [6.45, 7) is 8.28. The molecule has 0 aliphatic heterocycles. The number of carbonyl (C=O) groups excluding carboxylic acids is 1. The smallest absolute Gasteiger partial charge is 0.237 e. The molecule has 5 N–H and O–H groups in total. The molecule has 0 spiro atoms. The second kappa shape index (κ2) is 7.11. The molecule has 0 aliphatic rings. The Bertz CT molecular complexity index is 271. The first kappa shape index (κ1) is 15.7. The number of rotatable bonds is 6.